The summed E-state index contributed by atoms with van der Waals surface area (Å²) in [5.41, 5.74) is 1.47. The average molecular weight is 304 g/mol. The van der Waals surface area contributed by atoms with Crippen molar-refractivity contribution in [1.29, 1.82) is 0 Å². The Balaban J connectivity index is 1.81. The van der Waals surface area contributed by atoms with E-state index in [0.717, 1.165) is 18.5 Å². The lowest BCUT2D eigenvalue weighted by Gasteiger charge is -2.05. The van der Waals surface area contributed by atoms with E-state index < -0.39 is 11.7 Å². The van der Waals surface area contributed by atoms with Gasteiger partial charge in [0.1, 0.15) is 5.82 Å². The van der Waals surface area contributed by atoms with Crippen molar-refractivity contribution in [2.75, 3.05) is 5.32 Å². The Morgan fingerprint density at radius 1 is 1.38 bits per heavy atom. The number of carbonyl (C=O) groups is 2. The number of fused-ring (bicyclic) bond motifs is 1. The van der Waals surface area contributed by atoms with Gasteiger partial charge in [-0.2, -0.15) is 0 Å². The first-order chi connectivity index (χ1) is 10.0. The number of hydrogen-bond donors (Lipinski definition) is 1. The SMILES string of the molecule is Cc1ccc(C(=O)Nc2nc3c(s2)C(=O)CCC3)cc1F. The molecule has 2 aromatic rings. The third kappa shape index (κ3) is 2.71. The Hall–Kier alpha value is -2.08. The fourth-order valence-corrected chi connectivity index (χ4v) is 3.20. The second-order valence-electron chi connectivity index (χ2n) is 4.99. The number of anilines is 1. The molecule has 108 valence electrons. The van der Waals surface area contributed by atoms with Gasteiger partial charge in [0.25, 0.3) is 5.91 Å². The smallest absolute Gasteiger partial charge is 0.257 e. The molecule has 1 aliphatic rings. The van der Waals surface area contributed by atoms with Crippen LogP contribution in [0.25, 0.3) is 0 Å². The Kier molecular flexibility index (Phi) is 3.55. The number of aryl methyl sites for hydroxylation is 2. The predicted octanol–water partition coefficient (Wildman–Crippen LogP) is 3.36. The van der Waals surface area contributed by atoms with Gasteiger partial charge in [0.15, 0.2) is 10.9 Å². The van der Waals surface area contributed by atoms with Crippen LogP contribution in [0.2, 0.25) is 0 Å². The van der Waals surface area contributed by atoms with E-state index in [9.17, 15) is 14.0 Å². The molecule has 4 nitrogen and oxygen atoms in total. The molecule has 1 aromatic heterocycles. The summed E-state index contributed by atoms with van der Waals surface area (Å²) < 4.78 is 13.5. The number of halogens is 1. The molecule has 0 atom stereocenters. The predicted molar refractivity (Wildman–Crippen MR) is 78.5 cm³/mol. The van der Waals surface area contributed by atoms with Crippen molar-refractivity contribution in [2.45, 2.75) is 26.2 Å². The van der Waals surface area contributed by atoms with Crippen molar-refractivity contribution in [2.24, 2.45) is 0 Å². The van der Waals surface area contributed by atoms with Gasteiger partial charge >= 0.3 is 0 Å². The number of nitrogens with one attached hydrogen (secondary N) is 1. The largest absolute Gasteiger partial charge is 0.298 e. The van der Waals surface area contributed by atoms with Gasteiger partial charge in [-0.05, 0) is 37.5 Å². The van der Waals surface area contributed by atoms with Gasteiger partial charge in [0.2, 0.25) is 0 Å². The average Bonchev–Trinajstić information content (AvgIpc) is 2.86. The normalized spacial score (nSPS) is 13.9. The van der Waals surface area contributed by atoms with E-state index in [2.05, 4.69) is 10.3 Å². The highest BCUT2D eigenvalue weighted by Gasteiger charge is 2.23. The quantitative estimate of drug-likeness (QED) is 0.925. The fourth-order valence-electron chi connectivity index (χ4n) is 2.23. The molecule has 6 heteroatoms. The summed E-state index contributed by atoms with van der Waals surface area (Å²) in [5.74, 6) is -0.765. The monoisotopic (exact) mass is 304 g/mol. The van der Waals surface area contributed by atoms with Crippen LogP contribution in [-0.2, 0) is 6.42 Å². The second kappa shape index (κ2) is 5.37. The number of amides is 1. The van der Waals surface area contributed by atoms with Gasteiger partial charge in [0.05, 0.1) is 10.6 Å². The van der Waals surface area contributed by atoms with Crippen LogP contribution < -0.4 is 5.32 Å². The molecule has 3 rings (SSSR count). The second-order valence-corrected chi connectivity index (χ2v) is 5.99. The van der Waals surface area contributed by atoms with E-state index in [-0.39, 0.29) is 11.3 Å². The lowest BCUT2D eigenvalue weighted by molar-refractivity contribution is 0.0975. The number of thiazole rings is 1. The van der Waals surface area contributed by atoms with E-state index in [1.165, 1.54) is 17.4 Å². The summed E-state index contributed by atoms with van der Waals surface area (Å²) in [4.78, 5) is 28.7. The zero-order valence-electron chi connectivity index (χ0n) is 11.4. The molecule has 0 radical (unpaired) electrons. The molecule has 1 aliphatic carbocycles. The highest BCUT2D eigenvalue weighted by atomic mass is 32.1. The Morgan fingerprint density at radius 2 is 2.19 bits per heavy atom. The molecule has 0 fully saturated rings. The highest BCUT2D eigenvalue weighted by Crippen LogP contribution is 2.29. The van der Waals surface area contributed by atoms with E-state index in [0.29, 0.717) is 22.0 Å². The first-order valence-corrected chi connectivity index (χ1v) is 7.46. The topological polar surface area (TPSA) is 59.1 Å². The van der Waals surface area contributed by atoms with Gasteiger partial charge in [-0.15, -0.1) is 0 Å². The maximum Gasteiger partial charge on any atom is 0.257 e. The lowest BCUT2D eigenvalue weighted by atomic mass is 10.0. The van der Waals surface area contributed by atoms with Crippen LogP contribution >= 0.6 is 11.3 Å². The number of aromatic nitrogens is 1. The van der Waals surface area contributed by atoms with E-state index >= 15 is 0 Å². The molecule has 0 aliphatic heterocycles. The molecule has 0 unspecified atom stereocenters. The van der Waals surface area contributed by atoms with Crippen molar-refractivity contribution >= 4 is 28.2 Å². The van der Waals surface area contributed by atoms with Crippen molar-refractivity contribution in [3.05, 3.63) is 45.7 Å². The van der Waals surface area contributed by atoms with Gasteiger partial charge in [-0.1, -0.05) is 17.4 Å². The van der Waals surface area contributed by atoms with Crippen molar-refractivity contribution in [3.63, 3.8) is 0 Å². The molecule has 0 saturated heterocycles. The van der Waals surface area contributed by atoms with Crippen molar-refractivity contribution in [1.82, 2.24) is 4.98 Å². The van der Waals surface area contributed by atoms with Gasteiger partial charge in [0, 0.05) is 12.0 Å². The first kappa shape index (κ1) is 13.9. The zero-order valence-corrected chi connectivity index (χ0v) is 12.2. The number of rotatable bonds is 2. The fraction of sp³-hybridized carbons (Fsp3) is 0.267. The number of hydrogen-bond acceptors (Lipinski definition) is 4. The van der Waals surface area contributed by atoms with Crippen LogP contribution in [0.3, 0.4) is 0 Å². The van der Waals surface area contributed by atoms with Crippen LogP contribution in [0, 0.1) is 12.7 Å². The lowest BCUT2D eigenvalue weighted by Crippen LogP contribution is -2.12. The number of carbonyl (C=O) groups excluding carboxylic acids is 2. The van der Waals surface area contributed by atoms with E-state index in [1.54, 1.807) is 19.1 Å². The molecule has 0 bridgehead atoms. The number of ketones is 1. The van der Waals surface area contributed by atoms with Gasteiger partial charge < -0.3 is 0 Å². The minimum atomic E-state index is -0.424. The summed E-state index contributed by atoms with van der Waals surface area (Å²) >= 11 is 1.19. The molecular weight excluding hydrogens is 291 g/mol. The molecule has 0 saturated carbocycles. The van der Waals surface area contributed by atoms with Crippen molar-refractivity contribution < 1.29 is 14.0 Å². The third-order valence-electron chi connectivity index (χ3n) is 3.42. The van der Waals surface area contributed by atoms with E-state index in [4.69, 9.17) is 0 Å². The summed E-state index contributed by atoms with van der Waals surface area (Å²) in [7, 11) is 0. The maximum atomic E-state index is 13.5. The van der Waals surface area contributed by atoms with Gasteiger partial charge in [-0.3, -0.25) is 14.9 Å². The molecule has 21 heavy (non-hydrogen) atoms. The molecule has 1 amide bonds. The maximum absolute atomic E-state index is 13.5. The van der Waals surface area contributed by atoms with Crippen LogP contribution in [0.4, 0.5) is 9.52 Å². The first-order valence-electron chi connectivity index (χ1n) is 6.65. The molecule has 1 aromatic carbocycles. The Bertz CT molecular complexity index is 739. The Morgan fingerprint density at radius 3 is 2.90 bits per heavy atom. The minimum Gasteiger partial charge on any atom is -0.298 e. The third-order valence-corrected chi connectivity index (χ3v) is 4.48. The van der Waals surface area contributed by atoms with Crippen LogP contribution in [-0.4, -0.2) is 16.7 Å². The van der Waals surface area contributed by atoms with Gasteiger partial charge in [-0.25, -0.2) is 9.37 Å². The van der Waals surface area contributed by atoms with Crippen LogP contribution in [0.15, 0.2) is 18.2 Å². The Labute approximate surface area is 125 Å². The summed E-state index contributed by atoms with van der Waals surface area (Å²) in [6.07, 6.45) is 2.09. The molecule has 1 heterocycles. The van der Waals surface area contributed by atoms with E-state index in [1.807, 2.05) is 0 Å². The number of Topliss-reactive ketones (excluding diaryl/α,β-unsaturated/α-hetero) is 1. The summed E-state index contributed by atoms with van der Waals surface area (Å²) in [5, 5.41) is 3.02. The summed E-state index contributed by atoms with van der Waals surface area (Å²) in [6, 6.07) is 4.32. The standard InChI is InChI=1S/C15H13FN2O2S/c1-8-5-6-9(7-10(8)16)14(20)18-15-17-11-3-2-4-12(19)13(11)21-15/h5-7H,2-4H2,1H3,(H,17,18,20). The number of benzene rings is 1. The molecular formula is C15H13FN2O2S. The molecule has 0 spiro atoms. The highest BCUT2D eigenvalue weighted by molar-refractivity contribution is 7.17. The summed E-state index contributed by atoms with van der Waals surface area (Å²) in [6.45, 7) is 1.64. The van der Waals surface area contributed by atoms with Crippen LogP contribution in [0.5, 0.6) is 0 Å². The minimum absolute atomic E-state index is 0.0793. The van der Waals surface area contributed by atoms with Crippen molar-refractivity contribution in [3.8, 4) is 0 Å². The van der Waals surface area contributed by atoms with Crippen LogP contribution in [0.1, 0.15) is 44.1 Å². The molecule has 1 N–H and O–H groups in total. The number of nitrogens with zero attached hydrogens (tertiary/aromatic N) is 1. The zero-order chi connectivity index (χ0) is 15.0.